The number of amides is 2. The summed E-state index contributed by atoms with van der Waals surface area (Å²) in [6.45, 7) is 0. The number of ether oxygens (including phenoxy) is 2. The normalized spacial score (nSPS) is 23.5. The fourth-order valence-corrected chi connectivity index (χ4v) is 5.09. The third-order valence-electron chi connectivity index (χ3n) is 5.06. The largest absolute Gasteiger partial charge is 0.497 e. The standard InChI is InChI=1S/C19H27N3O4S/c1-25-13-8-9-14(15(10-13)26-2)22-18(24)16(11-17(20)23)27-19(22)21-12-6-4-3-5-7-12/h8-10,12,16,19,21H,3-7,11H2,1-2H3,(H2,20,23). The van der Waals surface area contributed by atoms with Gasteiger partial charge in [0.1, 0.15) is 17.0 Å². The fourth-order valence-electron chi connectivity index (χ4n) is 3.68. The van der Waals surface area contributed by atoms with E-state index in [0.717, 1.165) is 12.8 Å². The van der Waals surface area contributed by atoms with Gasteiger partial charge in [0.15, 0.2) is 0 Å². The Balaban J connectivity index is 1.89. The molecule has 148 valence electrons. The fraction of sp³-hybridized carbons (Fsp3) is 0.579. The molecule has 2 atom stereocenters. The van der Waals surface area contributed by atoms with Gasteiger partial charge < -0.3 is 15.2 Å². The Kier molecular flexibility index (Phi) is 6.49. The van der Waals surface area contributed by atoms with E-state index < -0.39 is 11.2 Å². The van der Waals surface area contributed by atoms with Crippen LogP contribution in [0.4, 0.5) is 5.69 Å². The monoisotopic (exact) mass is 393 g/mol. The zero-order chi connectivity index (χ0) is 19.4. The number of primary amides is 1. The maximum absolute atomic E-state index is 13.1. The molecule has 0 bridgehead atoms. The molecule has 8 heteroatoms. The molecule has 1 aliphatic heterocycles. The molecule has 1 saturated carbocycles. The third kappa shape index (κ3) is 4.50. The molecule has 2 aliphatic rings. The van der Waals surface area contributed by atoms with E-state index in [1.54, 1.807) is 31.3 Å². The van der Waals surface area contributed by atoms with Crippen LogP contribution in [0.1, 0.15) is 38.5 Å². The number of methoxy groups -OCH3 is 2. The highest BCUT2D eigenvalue weighted by Gasteiger charge is 2.43. The molecule has 1 heterocycles. The molecule has 7 nitrogen and oxygen atoms in total. The number of rotatable bonds is 7. The molecule has 2 unspecified atom stereocenters. The molecule has 3 rings (SSSR count). The maximum atomic E-state index is 13.1. The van der Waals surface area contributed by atoms with Gasteiger partial charge in [-0.15, -0.1) is 11.8 Å². The third-order valence-corrected chi connectivity index (χ3v) is 6.36. The summed E-state index contributed by atoms with van der Waals surface area (Å²) in [5.41, 5.74) is 5.76. The van der Waals surface area contributed by atoms with Crippen LogP contribution in [-0.4, -0.2) is 42.8 Å². The van der Waals surface area contributed by atoms with Crippen LogP contribution in [0.15, 0.2) is 18.2 Å². The highest BCUT2D eigenvalue weighted by molar-refractivity contribution is 8.01. The Morgan fingerprint density at radius 1 is 1.26 bits per heavy atom. The van der Waals surface area contributed by atoms with Crippen LogP contribution >= 0.6 is 11.8 Å². The molecular weight excluding hydrogens is 366 g/mol. The molecule has 2 fully saturated rings. The summed E-state index contributed by atoms with van der Waals surface area (Å²) in [5.74, 6) is 0.607. The van der Waals surface area contributed by atoms with Gasteiger partial charge >= 0.3 is 0 Å². The van der Waals surface area contributed by atoms with E-state index in [4.69, 9.17) is 15.2 Å². The first-order valence-corrected chi connectivity index (χ1v) is 10.2. The van der Waals surface area contributed by atoms with E-state index in [1.165, 1.54) is 31.0 Å². The van der Waals surface area contributed by atoms with Crippen LogP contribution in [0.25, 0.3) is 0 Å². The van der Waals surface area contributed by atoms with Crippen molar-refractivity contribution in [3.8, 4) is 11.5 Å². The molecule has 1 saturated heterocycles. The lowest BCUT2D eigenvalue weighted by Crippen LogP contribution is -2.47. The Bertz CT molecular complexity index is 694. The van der Waals surface area contributed by atoms with Gasteiger partial charge in [-0.1, -0.05) is 19.3 Å². The van der Waals surface area contributed by atoms with Crippen molar-refractivity contribution in [1.29, 1.82) is 0 Å². The SMILES string of the molecule is COc1ccc(N2C(=O)C(CC(N)=O)SC2NC2CCCCC2)c(OC)c1. The lowest BCUT2D eigenvalue weighted by molar-refractivity contribution is -0.122. The molecule has 1 aromatic rings. The predicted octanol–water partition coefficient (Wildman–Crippen LogP) is 2.23. The van der Waals surface area contributed by atoms with Crippen molar-refractivity contribution in [2.75, 3.05) is 19.1 Å². The van der Waals surface area contributed by atoms with Crippen LogP contribution in [0.3, 0.4) is 0 Å². The highest BCUT2D eigenvalue weighted by Crippen LogP contribution is 2.41. The number of hydrogen-bond donors (Lipinski definition) is 2. The van der Waals surface area contributed by atoms with Gasteiger partial charge in [0, 0.05) is 18.5 Å². The summed E-state index contributed by atoms with van der Waals surface area (Å²) >= 11 is 1.45. The number of carbonyl (C=O) groups excluding carboxylic acids is 2. The van der Waals surface area contributed by atoms with Gasteiger partial charge in [0.25, 0.3) is 0 Å². The van der Waals surface area contributed by atoms with E-state index in [9.17, 15) is 9.59 Å². The van der Waals surface area contributed by atoms with Crippen molar-refractivity contribution in [2.24, 2.45) is 5.73 Å². The molecule has 27 heavy (non-hydrogen) atoms. The zero-order valence-corrected chi connectivity index (χ0v) is 16.6. The van der Waals surface area contributed by atoms with E-state index >= 15 is 0 Å². The second kappa shape index (κ2) is 8.84. The van der Waals surface area contributed by atoms with Crippen molar-refractivity contribution in [3.05, 3.63) is 18.2 Å². The number of anilines is 1. The zero-order valence-electron chi connectivity index (χ0n) is 15.8. The average Bonchev–Trinajstić information content (AvgIpc) is 2.96. The lowest BCUT2D eigenvalue weighted by Gasteiger charge is -2.31. The van der Waals surface area contributed by atoms with E-state index in [-0.39, 0.29) is 17.8 Å². The summed E-state index contributed by atoms with van der Waals surface area (Å²) in [6.07, 6.45) is 5.87. The van der Waals surface area contributed by atoms with Crippen LogP contribution < -0.4 is 25.4 Å². The van der Waals surface area contributed by atoms with E-state index in [1.807, 2.05) is 6.07 Å². The first-order chi connectivity index (χ1) is 13.0. The lowest BCUT2D eigenvalue weighted by atomic mass is 9.96. The summed E-state index contributed by atoms with van der Waals surface area (Å²) in [6, 6.07) is 5.74. The number of nitrogens with one attached hydrogen (secondary N) is 1. The van der Waals surface area contributed by atoms with E-state index in [0.29, 0.717) is 23.2 Å². The van der Waals surface area contributed by atoms with Crippen molar-refractivity contribution in [2.45, 2.75) is 55.3 Å². The number of carbonyl (C=O) groups is 2. The van der Waals surface area contributed by atoms with Gasteiger partial charge in [-0.3, -0.25) is 19.8 Å². The second-order valence-electron chi connectivity index (χ2n) is 6.90. The summed E-state index contributed by atoms with van der Waals surface area (Å²) in [5, 5.41) is 3.12. The topological polar surface area (TPSA) is 93.9 Å². The molecule has 0 radical (unpaired) electrons. The van der Waals surface area contributed by atoms with Crippen LogP contribution in [0, 0.1) is 0 Å². The second-order valence-corrected chi connectivity index (χ2v) is 8.18. The van der Waals surface area contributed by atoms with Gasteiger partial charge in [0.2, 0.25) is 11.8 Å². The van der Waals surface area contributed by atoms with Crippen molar-refractivity contribution in [1.82, 2.24) is 5.32 Å². The Labute approximate surface area is 163 Å². The number of hydrogen-bond acceptors (Lipinski definition) is 6. The molecule has 2 amide bonds. The smallest absolute Gasteiger partial charge is 0.242 e. The van der Waals surface area contributed by atoms with Crippen molar-refractivity contribution in [3.63, 3.8) is 0 Å². The minimum Gasteiger partial charge on any atom is -0.497 e. The number of thioether (sulfide) groups is 1. The minimum atomic E-state index is -0.490. The maximum Gasteiger partial charge on any atom is 0.242 e. The van der Waals surface area contributed by atoms with Gasteiger partial charge in [-0.25, -0.2) is 0 Å². The Morgan fingerprint density at radius 2 is 2.00 bits per heavy atom. The quantitative estimate of drug-likeness (QED) is 0.738. The first-order valence-electron chi connectivity index (χ1n) is 9.28. The van der Waals surface area contributed by atoms with Gasteiger partial charge in [-0.05, 0) is 25.0 Å². The van der Waals surface area contributed by atoms with Gasteiger partial charge in [0.05, 0.1) is 25.2 Å². The average molecular weight is 394 g/mol. The van der Waals surface area contributed by atoms with E-state index in [2.05, 4.69) is 5.32 Å². The Hall–Kier alpha value is -1.93. The van der Waals surface area contributed by atoms with Crippen LogP contribution in [-0.2, 0) is 9.59 Å². The molecule has 1 aromatic carbocycles. The number of nitrogens with zero attached hydrogens (tertiary/aromatic N) is 1. The summed E-state index contributed by atoms with van der Waals surface area (Å²) in [4.78, 5) is 26.2. The van der Waals surface area contributed by atoms with Crippen molar-refractivity contribution < 1.29 is 19.1 Å². The van der Waals surface area contributed by atoms with Crippen molar-refractivity contribution >= 4 is 29.3 Å². The first kappa shape index (κ1) is 19.8. The van der Waals surface area contributed by atoms with Crippen LogP contribution in [0.5, 0.6) is 11.5 Å². The number of benzene rings is 1. The number of nitrogens with two attached hydrogens (primary N) is 1. The van der Waals surface area contributed by atoms with Crippen LogP contribution in [0.2, 0.25) is 0 Å². The highest BCUT2D eigenvalue weighted by atomic mass is 32.2. The molecule has 3 N–H and O–H groups in total. The molecule has 1 aliphatic carbocycles. The predicted molar refractivity (Wildman–Crippen MR) is 106 cm³/mol. The molecule has 0 aromatic heterocycles. The molecular formula is C19H27N3O4S. The molecule has 0 spiro atoms. The van der Waals surface area contributed by atoms with Gasteiger partial charge in [-0.2, -0.15) is 0 Å². The summed E-state index contributed by atoms with van der Waals surface area (Å²) < 4.78 is 10.8. The minimum absolute atomic E-state index is 0.0291. The summed E-state index contributed by atoms with van der Waals surface area (Å²) in [7, 11) is 3.15. The Morgan fingerprint density at radius 3 is 2.63 bits per heavy atom.